The van der Waals surface area contributed by atoms with Crippen molar-refractivity contribution in [2.75, 3.05) is 18.0 Å². The molecule has 2 rings (SSSR count). The summed E-state index contributed by atoms with van der Waals surface area (Å²) >= 11 is 0. The molecule has 0 heterocycles. The molecule has 2 unspecified atom stereocenters. The molecule has 2 atom stereocenters. The van der Waals surface area contributed by atoms with Gasteiger partial charge in [0.05, 0.1) is 0 Å². The van der Waals surface area contributed by atoms with Crippen molar-refractivity contribution < 1.29 is 0 Å². The van der Waals surface area contributed by atoms with Crippen molar-refractivity contribution in [1.82, 2.24) is 0 Å². The molecule has 0 bridgehead atoms. The molecular formula is C16H26N2. The van der Waals surface area contributed by atoms with Gasteiger partial charge in [0, 0.05) is 24.8 Å². The summed E-state index contributed by atoms with van der Waals surface area (Å²) in [6.45, 7) is 6.61. The second-order valence-electron chi connectivity index (χ2n) is 5.53. The van der Waals surface area contributed by atoms with Crippen LogP contribution in [0.25, 0.3) is 0 Å². The minimum atomic E-state index is 0.400. The molecule has 0 saturated heterocycles. The molecular weight excluding hydrogens is 220 g/mol. The molecule has 2 heteroatoms. The molecule has 1 saturated carbocycles. The quantitative estimate of drug-likeness (QED) is 0.883. The fourth-order valence-electron chi connectivity index (χ4n) is 3.06. The van der Waals surface area contributed by atoms with E-state index in [-0.39, 0.29) is 0 Å². The number of rotatable bonds is 4. The molecule has 0 aromatic heterocycles. The number of anilines is 1. The number of hydrogen-bond donors (Lipinski definition) is 1. The summed E-state index contributed by atoms with van der Waals surface area (Å²) in [4.78, 5) is 2.49. The first-order valence-corrected chi connectivity index (χ1v) is 7.28. The zero-order chi connectivity index (χ0) is 13.0. The summed E-state index contributed by atoms with van der Waals surface area (Å²) in [7, 11) is 0. The third-order valence-electron chi connectivity index (χ3n) is 4.26. The maximum Gasteiger partial charge on any atom is 0.0395 e. The number of para-hydroxylation sites is 1. The first-order chi connectivity index (χ1) is 8.72. The van der Waals surface area contributed by atoms with Crippen LogP contribution in [-0.4, -0.2) is 19.1 Å². The average Bonchev–Trinajstić information content (AvgIpc) is 2.39. The van der Waals surface area contributed by atoms with Crippen LogP contribution in [0, 0.1) is 12.8 Å². The van der Waals surface area contributed by atoms with Gasteiger partial charge in [-0.3, -0.25) is 0 Å². The van der Waals surface area contributed by atoms with Crippen LogP contribution in [0.15, 0.2) is 24.3 Å². The van der Waals surface area contributed by atoms with Crippen molar-refractivity contribution in [3.8, 4) is 0 Å². The summed E-state index contributed by atoms with van der Waals surface area (Å²) in [5.41, 5.74) is 9.01. The Morgan fingerprint density at radius 2 is 1.94 bits per heavy atom. The van der Waals surface area contributed by atoms with Crippen LogP contribution in [-0.2, 0) is 0 Å². The first kappa shape index (κ1) is 13.4. The van der Waals surface area contributed by atoms with Gasteiger partial charge in [0.15, 0.2) is 0 Å². The van der Waals surface area contributed by atoms with Crippen molar-refractivity contribution in [3.63, 3.8) is 0 Å². The minimum absolute atomic E-state index is 0.400. The Bertz CT molecular complexity index is 375. The highest BCUT2D eigenvalue weighted by atomic mass is 15.1. The van der Waals surface area contributed by atoms with E-state index < -0.39 is 0 Å². The molecule has 0 spiro atoms. The zero-order valence-corrected chi connectivity index (χ0v) is 11.7. The molecule has 1 aliphatic carbocycles. The van der Waals surface area contributed by atoms with E-state index in [0.717, 1.165) is 13.1 Å². The maximum absolute atomic E-state index is 6.27. The number of nitrogens with two attached hydrogens (primary N) is 1. The minimum Gasteiger partial charge on any atom is -0.371 e. The van der Waals surface area contributed by atoms with Crippen molar-refractivity contribution in [1.29, 1.82) is 0 Å². The monoisotopic (exact) mass is 246 g/mol. The van der Waals surface area contributed by atoms with Crippen LogP contribution < -0.4 is 10.6 Å². The van der Waals surface area contributed by atoms with Gasteiger partial charge >= 0.3 is 0 Å². The van der Waals surface area contributed by atoms with Gasteiger partial charge in [0.1, 0.15) is 0 Å². The average molecular weight is 246 g/mol. The fraction of sp³-hybridized carbons (Fsp3) is 0.625. The van der Waals surface area contributed by atoms with Crippen molar-refractivity contribution in [2.45, 2.75) is 45.6 Å². The second-order valence-corrected chi connectivity index (χ2v) is 5.53. The van der Waals surface area contributed by atoms with Gasteiger partial charge in [-0.05, 0) is 44.2 Å². The molecule has 0 aliphatic heterocycles. The second kappa shape index (κ2) is 6.24. The van der Waals surface area contributed by atoms with Crippen LogP contribution in [0.3, 0.4) is 0 Å². The van der Waals surface area contributed by atoms with Gasteiger partial charge in [0.2, 0.25) is 0 Å². The van der Waals surface area contributed by atoms with E-state index in [1.165, 1.54) is 36.9 Å². The van der Waals surface area contributed by atoms with E-state index in [4.69, 9.17) is 5.73 Å². The molecule has 1 aromatic carbocycles. The lowest BCUT2D eigenvalue weighted by atomic mass is 9.84. The third-order valence-corrected chi connectivity index (χ3v) is 4.26. The standard InChI is InChI=1S/C16H26N2/c1-3-18(16-11-7-4-8-13(16)2)12-14-9-5-6-10-15(14)17/h4,7-8,11,14-15H,3,5-6,9-10,12,17H2,1-2H3. The van der Waals surface area contributed by atoms with Crippen molar-refractivity contribution in [2.24, 2.45) is 11.7 Å². The molecule has 100 valence electrons. The smallest absolute Gasteiger partial charge is 0.0395 e. The van der Waals surface area contributed by atoms with E-state index in [2.05, 4.69) is 43.0 Å². The van der Waals surface area contributed by atoms with Crippen molar-refractivity contribution in [3.05, 3.63) is 29.8 Å². The molecule has 18 heavy (non-hydrogen) atoms. The third kappa shape index (κ3) is 3.05. The van der Waals surface area contributed by atoms with E-state index in [9.17, 15) is 0 Å². The molecule has 2 nitrogen and oxygen atoms in total. The summed E-state index contributed by atoms with van der Waals surface area (Å²) in [5.74, 6) is 0.665. The van der Waals surface area contributed by atoms with Crippen LogP contribution in [0.5, 0.6) is 0 Å². The van der Waals surface area contributed by atoms with Crippen LogP contribution in [0.1, 0.15) is 38.2 Å². The summed E-state index contributed by atoms with van der Waals surface area (Å²) in [6.07, 6.45) is 5.16. The molecule has 0 radical (unpaired) electrons. The Morgan fingerprint density at radius 3 is 2.61 bits per heavy atom. The van der Waals surface area contributed by atoms with Gasteiger partial charge in [-0.1, -0.05) is 31.0 Å². The Labute approximate surface area is 111 Å². The molecule has 1 fully saturated rings. The molecule has 0 amide bonds. The van der Waals surface area contributed by atoms with Gasteiger partial charge < -0.3 is 10.6 Å². The van der Waals surface area contributed by atoms with Crippen LogP contribution in [0.2, 0.25) is 0 Å². The Morgan fingerprint density at radius 1 is 1.22 bits per heavy atom. The maximum atomic E-state index is 6.27. The highest BCUT2D eigenvalue weighted by Crippen LogP contribution is 2.27. The zero-order valence-electron chi connectivity index (χ0n) is 11.7. The Balaban J connectivity index is 2.07. The number of nitrogens with zero attached hydrogens (tertiary/aromatic N) is 1. The molecule has 1 aromatic rings. The lowest BCUT2D eigenvalue weighted by Gasteiger charge is -2.35. The van der Waals surface area contributed by atoms with E-state index in [0.29, 0.717) is 12.0 Å². The number of aryl methyl sites for hydroxylation is 1. The van der Waals surface area contributed by atoms with Gasteiger partial charge in [0.25, 0.3) is 0 Å². The largest absolute Gasteiger partial charge is 0.371 e. The van der Waals surface area contributed by atoms with Crippen LogP contribution >= 0.6 is 0 Å². The highest BCUT2D eigenvalue weighted by molar-refractivity contribution is 5.52. The van der Waals surface area contributed by atoms with Crippen molar-refractivity contribution >= 4 is 5.69 Å². The van der Waals surface area contributed by atoms with Gasteiger partial charge in [-0.2, -0.15) is 0 Å². The lowest BCUT2D eigenvalue weighted by Crippen LogP contribution is -2.41. The number of benzene rings is 1. The Hall–Kier alpha value is -1.02. The van der Waals surface area contributed by atoms with E-state index >= 15 is 0 Å². The predicted molar refractivity (Wildman–Crippen MR) is 79.0 cm³/mol. The Kier molecular flexibility index (Phi) is 4.65. The highest BCUT2D eigenvalue weighted by Gasteiger charge is 2.24. The predicted octanol–water partition coefficient (Wildman–Crippen LogP) is 3.34. The number of hydrogen-bond acceptors (Lipinski definition) is 2. The molecule has 2 N–H and O–H groups in total. The first-order valence-electron chi connectivity index (χ1n) is 7.28. The summed E-state index contributed by atoms with van der Waals surface area (Å²) < 4.78 is 0. The molecule has 1 aliphatic rings. The summed E-state index contributed by atoms with van der Waals surface area (Å²) in [6, 6.07) is 9.06. The van der Waals surface area contributed by atoms with Gasteiger partial charge in [-0.25, -0.2) is 0 Å². The SMILES string of the molecule is CCN(CC1CCCCC1N)c1ccccc1C. The van der Waals surface area contributed by atoms with E-state index in [1.54, 1.807) is 0 Å². The van der Waals surface area contributed by atoms with Gasteiger partial charge in [-0.15, -0.1) is 0 Å². The van der Waals surface area contributed by atoms with E-state index in [1.807, 2.05) is 0 Å². The lowest BCUT2D eigenvalue weighted by molar-refractivity contribution is 0.310. The topological polar surface area (TPSA) is 29.3 Å². The fourth-order valence-corrected chi connectivity index (χ4v) is 3.06. The van der Waals surface area contributed by atoms with Crippen LogP contribution in [0.4, 0.5) is 5.69 Å². The normalized spacial score (nSPS) is 23.9. The summed E-state index contributed by atoms with van der Waals surface area (Å²) in [5, 5.41) is 0.